The van der Waals surface area contributed by atoms with Gasteiger partial charge in [-0.15, -0.1) is 0 Å². The maximum atomic E-state index is 13.2. The van der Waals surface area contributed by atoms with Crippen LogP contribution in [0.3, 0.4) is 0 Å². The highest BCUT2D eigenvalue weighted by atomic mass is 16.5. The SMILES string of the molecule is COc1cccc2cc(-c3cc(-c4ccccc4)c(C#N)c(-c4c[nH]c5ccccc45)n3)c(=O)oc12. The number of methoxy groups -OCH3 is 1. The number of ether oxygens (including phenoxy) is 1. The molecule has 6 rings (SSSR count). The summed E-state index contributed by atoms with van der Waals surface area (Å²) in [6, 6.07) is 28.8. The van der Waals surface area contributed by atoms with Gasteiger partial charge in [0.1, 0.15) is 6.07 Å². The second kappa shape index (κ2) is 8.57. The number of hydrogen-bond acceptors (Lipinski definition) is 5. The van der Waals surface area contributed by atoms with Crippen LogP contribution in [0, 0.1) is 11.3 Å². The van der Waals surface area contributed by atoms with Crippen LogP contribution in [0.15, 0.2) is 100 Å². The summed E-state index contributed by atoms with van der Waals surface area (Å²) in [7, 11) is 1.53. The van der Waals surface area contributed by atoms with E-state index < -0.39 is 5.63 Å². The third-order valence-electron chi connectivity index (χ3n) is 6.28. The first-order valence-corrected chi connectivity index (χ1v) is 11.4. The van der Waals surface area contributed by atoms with Gasteiger partial charge < -0.3 is 14.1 Å². The molecule has 0 atom stereocenters. The maximum Gasteiger partial charge on any atom is 0.345 e. The minimum Gasteiger partial charge on any atom is -0.493 e. The molecular formula is C30H19N3O3. The van der Waals surface area contributed by atoms with Gasteiger partial charge >= 0.3 is 5.63 Å². The largest absolute Gasteiger partial charge is 0.493 e. The lowest BCUT2D eigenvalue weighted by Crippen LogP contribution is -2.06. The van der Waals surface area contributed by atoms with Gasteiger partial charge in [0.05, 0.1) is 29.6 Å². The van der Waals surface area contributed by atoms with Crippen molar-refractivity contribution in [2.24, 2.45) is 0 Å². The normalized spacial score (nSPS) is 11.0. The Morgan fingerprint density at radius 1 is 0.917 bits per heavy atom. The zero-order chi connectivity index (χ0) is 24.6. The molecule has 6 nitrogen and oxygen atoms in total. The van der Waals surface area contributed by atoms with Crippen molar-refractivity contribution in [1.29, 1.82) is 5.26 Å². The van der Waals surface area contributed by atoms with Crippen LogP contribution in [-0.4, -0.2) is 17.1 Å². The van der Waals surface area contributed by atoms with Gasteiger partial charge in [0.15, 0.2) is 11.3 Å². The van der Waals surface area contributed by atoms with Crippen molar-refractivity contribution < 1.29 is 9.15 Å². The zero-order valence-corrected chi connectivity index (χ0v) is 19.3. The molecule has 0 saturated heterocycles. The highest BCUT2D eigenvalue weighted by Gasteiger charge is 2.21. The van der Waals surface area contributed by atoms with E-state index in [0.29, 0.717) is 44.8 Å². The van der Waals surface area contributed by atoms with E-state index in [1.54, 1.807) is 18.2 Å². The van der Waals surface area contributed by atoms with Crippen molar-refractivity contribution >= 4 is 21.9 Å². The second-order valence-electron chi connectivity index (χ2n) is 8.33. The van der Waals surface area contributed by atoms with Gasteiger partial charge in [0.25, 0.3) is 0 Å². The van der Waals surface area contributed by atoms with Gasteiger partial charge in [-0.2, -0.15) is 5.26 Å². The number of fused-ring (bicyclic) bond motifs is 2. The first-order chi connectivity index (χ1) is 17.7. The summed E-state index contributed by atoms with van der Waals surface area (Å²) in [4.78, 5) is 21.3. The number of nitriles is 1. The highest BCUT2D eigenvalue weighted by Crippen LogP contribution is 2.37. The molecule has 6 aromatic rings. The van der Waals surface area contributed by atoms with E-state index in [2.05, 4.69) is 11.1 Å². The number of pyridine rings is 1. The maximum absolute atomic E-state index is 13.2. The molecule has 0 fully saturated rings. The van der Waals surface area contributed by atoms with E-state index in [1.165, 1.54) is 7.11 Å². The Labute approximate surface area is 206 Å². The molecule has 3 heterocycles. The lowest BCUT2D eigenvalue weighted by atomic mass is 9.94. The number of para-hydroxylation sites is 2. The fourth-order valence-electron chi connectivity index (χ4n) is 4.56. The van der Waals surface area contributed by atoms with E-state index in [9.17, 15) is 10.1 Å². The Morgan fingerprint density at radius 3 is 2.53 bits per heavy atom. The van der Waals surface area contributed by atoms with Crippen molar-refractivity contribution in [3.8, 4) is 45.5 Å². The van der Waals surface area contributed by atoms with Gasteiger partial charge in [-0.05, 0) is 29.8 Å². The van der Waals surface area contributed by atoms with E-state index in [1.807, 2.05) is 72.9 Å². The molecule has 0 aliphatic carbocycles. The van der Waals surface area contributed by atoms with E-state index >= 15 is 0 Å². The fraction of sp³-hybridized carbons (Fsp3) is 0.0333. The summed E-state index contributed by atoms with van der Waals surface area (Å²) >= 11 is 0. The quantitative estimate of drug-likeness (QED) is 0.296. The Kier molecular flexibility index (Phi) is 5.09. The first-order valence-electron chi connectivity index (χ1n) is 11.4. The number of hydrogen-bond donors (Lipinski definition) is 1. The summed E-state index contributed by atoms with van der Waals surface area (Å²) < 4.78 is 11.0. The molecule has 3 aromatic heterocycles. The molecule has 0 aliphatic heterocycles. The van der Waals surface area contributed by atoms with Crippen LogP contribution in [0.5, 0.6) is 5.75 Å². The molecule has 0 amide bonds. The number of rotatable bonds is 4. The Balaban J connectivity index is 1.68. The molecule has 0 saturated carbocycles. The van der Waals surface area contributed by atoms with Crippen molar-refractivity contribution in [3.63, 3.8) is 0 Å². The monoisotopic (exact) mass is 469 g/mol. The van der Waals surface area contributed by atoms with E-state index in [4.69, 9.17) is 14.1 Å². The smallest absolute Gasteiger partial charge is 0.345 e. The minimum absolute atomic E-state index is 0.304. The van der Waals surface area contributed by atoms with Gasteiger partial charge in [-0.1, -0.05) is 60.7 Å². The average Bonchev–Trinajstić information content (AvgIpc) is 3.36. The third-order valence-corrected chi connectivity index (χ3v) is 6.28. The summed E-state index contributed by atoms with van der Waals surface area (Å²) in [6.07, 6.45) is 1.85. The minimum atomic E-state index is -0.534. The molecule has 3 aromatic carbocycles. The average molecular weight is 470 g/mol. The molecule has 172 valence electrons. The van der Waals surface area contributed by atoms with Crippen molar-refractivity contribution in [2.45, 2.75) is 0 Å². The van der Waals surface area contributed by atoms with Crippen molar-refractivity contribution in [3.05, 3.63) is 107 Å². The van der Waals surface area contributed by atoms with Gasteiger partial charge in [-0.25, -0.2) is 9.78 Å². The molecule has 1 N–H and O–H groups in total. The van der Waals surface area contributed by atoms with Crippen molar-refractivity contribution in [1.82, 2.24) is 9.97 Å². The summed E-state index contributed by atoms with van der Waals surface area (Å²) in [6.45, 7) is 0. The predicted octanol–water partition coefficient (Wildman–Crippen LogP) is 6.55. The standard InChI is InChI=1S/C30H19N3O3/c1-35-27-13-7-10-19-14-22(30(34)36-29(19)27)26-15-21(18-8-3-2-4-9-18)23(16-31)28(33-26)24-17-32-25-12-6-5-11-20(24)25/h2-15,17,32H,1H3. The number of nitrogens with zero attached hydrogens (tertiary/aromatic N) is 2. The zero-order valence-electron chi connectivity index (χ0n) is 19.3. The molecule has 6 heteroatoms. The van der Waals surface area contributed by atoms with E-state index in [-0.39, 0.29) is 0 Å². The number of nitrogens with one attached hydrogen (secondary N) is 1. The molecular weight excluding hydrogens is 450 g/mol. The number of aromatic amines is 1. The van der Waals surface area contributed by atoms with Crippen LogP contribution < -0.4 is 10.4 Å². The summed E-state index contributed by atoms with van der Waals surface area (Å²) in [5, 5.41) is 11.9. The Bertz CT molecular complexity index is 1860. The molecule has 36 heavy (non-hydrogen) atoms. The summed E-state index contributed by atoms with van der Waals surface area (Å²) in [5.41, 5.74) is 4.76. The Hall–Kier alpha value is -5.15. The first kappa shape index (κ1) is 21.4. The van der Waals surface area contributed by atoms with E-state index in [0.717, 1.165) is 22.0 Å². The lowest BCUT2D eigenvalue weighted by molar-refractivity contribution is 0.407. The van der Waals surface area contributed by atoms with Crippen LogP contribution in [0.4, 0.5) is 0 Å². The molecule has 0 spiro atoms. The number of aromatic nitrogens is 2. The third kappa shape index (κ3) is 3.42. The van der Waals surface area contributed by atoms with Crippen LogP contribution in [0.25, 0.3) is 55.5 Å². The van der Waals surface area contributed by atoms with Gasteiger partial charge in [0, 0.05) is 33.6 Å². The molecule has 0 radical (unpaired) electrons. The Morgan fingerprint density at radius 2 is 1.72 bits per heavy atom. The predicted molar refractivity (Wildman–Crippen MR) is 140 cm³/mol. The van der Waals surface area contributed by atoms with Crippen LogP contribution in [0.2, 0.25) is 0 Å². The van der Waals surface area contributed by atoms with Crippen LogP contribution in [-0.2, 0) is 0 Å². The van der Waals surface area contributed by atoms with Gasteiger partial charge in [0.2, 0.25) is 0 Å². The van der Waals surface area contributed by atoms with Crippen LogP contribution >= 0.6 is 0 Å². The van der Waals surface area contributed by atoms with Crippen molar-refractivity contribution in [2.75, 3.05) is 7.11 Å². The molecule has 0 unspecified atom stereocenters. The number of H-pyrrole nitrogens is 1. The molecule has 0 bridgehead atoms. The van der Waals surface area contributed by atoms with Gasteiger partial charge in [-0.3, -0.25) is 0 Å². The number of benzene rings is 3. The highest BCUT2D eigenvalue weighted by molar-refractivity contribution is 5.98. The second-order valence-corrected chi connectivity index (χ2v) is 8.33. The lowest BCUT2D eigenvalue weighted by Gasteiger charge is -2.13. The van der Waals surface area contributed by atoms with Crippen LogP contribution in [0.1, 0.15) is 5.56 Å². The summed E-state index contributed by atoms with van der Waals surface area (Å²) in [5.74, 6) is 0.480. The fourth-order valence-corrected chi connectivity index (χ4v) is 4.56. The molecule has 0 aliphatic rings. The topological polar surface area (TPSA) is 91.9 Å².